The molecular weight excluding hydrogens is 412 g/mol. The zero-order chi connectivity index (χ0) is 22.5. The molecule has 3 aliphatic heterocycles. The molecule has 3 fully saturated rings. The van der Waals surface area contributed by atoms with Gasteiger partial charge in [0.05, 0.1) is 0 Å². The van der Waals surface area contributed by atoms with Crippen molar-refractivity contribution < 1.29 is 4.79 Å². The third-order valence-electron chi connectivity index (χ3n) is 7.51. The summed E-state index contributed by atoms with van der Waals surface area (Å²) in [6.45, 7) is 7.67. The van der Waals surface area contributed by atoms with Crippen LogP contribution in [0.25, 0.3) is 0 Å². The van der Waals surface area contributed by atoms with Gasteiger partial charge < -0.3 is 15.1 Å². The molecule has 3 atom stereocenters. The number of anilines is 1. The number of rotatable bonds is 7. The average Bonchev–Trinajstić information content (AvgIpc) is 2.86. The molecule has 1 aromatic heterocycles. The highest BCUT2D eigenvalue weighted by Gasteiger charge is 2.36. The molecule has 1 amide bonds. The lowest BCUT2D eigenvalue weighted by molar-refractivity contribution is -0.131. The minimum absolute atomic E-state index is 0.298. The van der Waals surface area contributed by atoms with Crippen LogP contribution in [0.15, 0.2) is 48.8 Å². The molecule has 1 unspecified atom stereocenters. The lowest BCUT2D eigenvalue weighted by Gasteiger charge is -2.46. The standard InChI is InChI=1S/C26H36N6O/c33-25(31-12-14-32(15-13-31)26-27-10-5-11-28-26)9-4-8-24-23-16-22(17-29-24)19-30(20-23)18-21-6-2-1-3-7-21/h1-3,5-7,10-11,22-24,29H,4,8-9,12-20H2/t22-,23?,24+/m0/s1. The quantitative estimate of drug-likeness (QED) is 0.702. The number of aromatic nitrogens is 2. The molecule has 0 radical (unpaired) electrons. The van der Waals surface area contributed by atoms with E-state index in [2.05, 4.69) is 55.4 Å². The van der Waals surface area contributed by atoms with E-state index in [-0.39, 0.29) is 0 Å². The summed E-state index contributed by atoms with van der Waals surface area (Å²) < 4.78 is 0. The number of piperidine rings is 2. The molecule has 3 aliphatic rings. The van der Waals surface area contributed by atoms with Gasteiger partial charge in [-0.1, -0.05) is 30.3 Å². The molecule has 0 saturated carbocycles. The van der Waals surface area contributed by atoms with E-state index in [0.29, 0.717) is 24.3 Å². The maximum Gasteiger partial charge on any atom is 0.225 e. The fraction of sp³-hybridized carbons (Fsp3) is 0.577. The summed E-state index contributed by atoms with van der Waals surface area (Å²) in [5.74, 6) is 2.52. The van der Waals surface area contributed by atoms with Gasteiger partial charge in [0.2, 0.25) is 11.9 Å². The number of amides is 1. The minimum Gasteiger partial charge on any atom is -0.339 e. The van der Waals surface area contributed by atoms with E-state index in [1.54, 1.807) is 12.4 Å². The van der Waals surface area contributed by atoms with Gasteiger partial charge in [-0.15, -0.1) is 0 Å². The van der Waals surface area contributed by atoms with Crippen molar-refractivity contribution >= 4 is 11.9 Å². The van der Waals surface area contributed by atoms with Gasteiger partial charge in [-0.3, -0.25) is 9.69 Å². The maximum absolute atomic E-state index is 12.8. The van der Waals surface area contributed by atoms with Gasteiger partial charge >= 0.3 is 0 Å². The lowest BCUT2D eigenvalue weighted by atomic mass is 9.79. The van der Waals surface area contributed by atoms with Crippen molar-refractivity contribution in [1.82, 2.24) is 25.1 Å². The Bertz CT molecular complexity index is 886. The number of likely N-dealkylation sites (tertiary alicyclic amines) is 1. The third kappa shape index (κ3) is 5.71. The molecule has 7 nitrogen and oxygen atoms in total. The number of piperazine rings is 1. The van der Waals surface area contributed by atoms with E-state index in [4.69, 9.17) is 0 Å². The number of nitrogens with one attached hydrogen (secondary N) is 1. The van der Waals surface area contributed by atoms with Gasteiger partial charge in [0.15, 0.2) is 0 Å². The first-order valence-electron chi connectivity index (χ1n) is 12.5. The van der Waals surface area contributed by atoms with Gasteiger partial charge in [-0.05, 0) is 49.3 Å². The van der Waals surface area contributed by atoms with Crippen LogP contribution >= 0.6 is 0 Å². The fourth-order valence-corrected chi connectivity index (χ4v) is 5.82. The molecule has 4 heterocycles. The first-order chi connectivity index (χ1) is 16.2. The van der Waals surface area contributed by atoms with Crippen LogP contribution in [0.1, 0.15) is 31.2 Å². The zero-order valence-corrected chi connectivity index (χ0v) is 19.5. The first kappa shape index (κ1) is 22.3. The van der Waals surface area contributed by atoms with Crippen LogP contribution in [0.5, 0.6) is 0 Å². The van der Waals surface area contributed by atoms with Crippen molar-refractivity contribution in [2.24, 2.45) is 11.8 Å². The SMILES string of the molecule is O=C(CCC[C@H]1NC[C@@H]2CC1CN(Cc1ccccc1)C2)N1CCN(c2ncccn2)CC1. The summed E-state index contributed by atoms with van der Waals surface area (Å²) in [5.41, 5.74) is 1.41. The van der Waals surface area contributed by atoms with Crippen molar-refractivity contribution in [2.45, 2.75) is 38.3 Å². The molecule has 33 heavy (non-hydrogen) atoms. The number of hydrogen-bond donors (Lipinski definition) is 1. The molecular formula is C26H36N6O. The summed E-state index contributed by atoms with van der Waals surface area (Å²) in [5, 5.41) is 3.81. The normalized spacial score (nSPS) is 25.8. The van der Waals surface area contributed by atoms with Crippen LogP contribution in [0, 0.1) is 11.8 Å². The Hall–Kier alpha value is -2.51. The van der Waals surface area contributed by atoms with Crippen molar-refractivity contribution in [3.05, 3.63) is 54.4 Å². The second kappa shape index (κ2) is 10.6. The second-order valence-electron chi connectivity index (χ2n) is 9.87. The Labute approximate surface area is 197 Å². The lowest BCUT2D eigenvalue weighted by Crippen LogP contribution is -2.55. The highest BCUT2D eigenvalue weighted by Crippen LogP contribution is 2.31. The number of carbonyl (C=O) groups excluding carboxylic acids is 1. The summed E-state index contributed by atoms with van der Waals surface area (Å²) in [7, 11) is 0. The number of hydrogen-bond acceptors (Lipinski definition) is 6. The summed E-state index contributed by atoms with van der Waals surface area (Å²) in [6.07, 6.45) is 7.60. The minimum atomic E-state index is 0.298. The number of nitrogens with zero attached hydrogens (tertiary/aromatic N) is 5. The van der Waals surface area contributed by atoms with E-state index in [9.17, 15) is 4.79 Å². The molecule has 176 valence electrons. The summed E-state index contributed by atoms with van der Waals surface area (Å²) in [6, 6.07) is 13.2. The molecule has 2 aromatic rings. The molecule has 3 saturated heterocycles. The van der Waals surface area contributed by atoms with Crippen molar-refractivity contribution in [2.75, 3.05) is 50.7 Å². The Morgan fingerprint density at radius 2 is 1.79 bits per heavy atom. The zero-order valence-electron chi connectivity index (χ0n) is 19.5. The van der Waals surface area contributed by atoms with Gasteiger partial charge in [0.25, 0.3) is 0 Å². The van der Waals surface area contributed by atoms with E-state index < -0.39 is 0 Å². The highest BCUT2D eigenvalue weighted by atomic mass is 16.2. The maximum atomic E-state index is 12.8. The predicted molar refractivity (Wildman–Crippen MR) is 130 cm³/mol. The van der Waals surface area contributed by atoms with Crippen LogP contribution in [0.2, 0.25) is 0 Å². The van der Waals surface area contributed by atoms with Crippen molar-refractivity contribution in [1.29, 1.82) is 0 Å². The highest BCUT2D eigenvalue weighted by molar-refractivity contribution is 5.76. The van der Waals surface area contributed by atoms with E-state index in [1.807, 2.05) is 11.0 Å². The molecule has 0 aliphatic carbocycles. The average molecular weight is 449 g/mol. The van der Waals surface area contributed by atoms with Crippen LogP contribution in [0.4, 0.5) is 5.95 Å². The Kier molecular flexibility index (Phi) is 7.17. The fourth-order valence-electron chi connectivity index (χ4n) is 5.82. The second-order valence-corrected chi connectivity index (χ2v) is 9.87. The Morgan fingerprint density at radius 3 is 2.58 bits per heavy atom. The molecule has 0 spiro atoms. The first-order valence-corrected chi connectivity index (χ1v) is 12.5. The van der Waals surface area contributed by atoms with Gasteiger partial charge in [-0.2, -0.15) is 0 Å². The molecule has 7 heteroatoms. The summed E-state index contributed by atoms with van der Waals surface area (Å²) in [4.78, 5) is 28.3. The summed E-state index contributed by atoms with van der Waals surface area (Å²) >= 11 is 0. The van der Waals surface area contributed by atoms with Crippen molar-refractivity contribution in [3.63, 3.8) is 0 Å². The van der Waals surface area contributed by atoms with E-state index in [1.165, 1.54) is 25.1 Å². The van der Waals surface area contributed by atoms with Gasteiger partial charge in [0.1, 0.15) is 0 Å². The van der Waals surface area contributed by atoms with Crippen LogP contribution in [-0.4, -0.2) is 77.5 Å². The van der Waals surface area contributed by atoms with Crippen LogP contribution in [0.3, 0.4) is 0 Å². The monoisotopic (exact) mass is 448 g/mol. The largest absolute Gasteiger partial charge is 0.339 e. The van der Waals surface area contributed by atoms with Crippen LogP contribution < -0.4 is 10.2 Å². The number of fused-ring (bicyclic) bond motifs is 2. The Morgan fingerprint density at radius 1 is 1.00 bits per heavy atom. The van der Waals surface area contributed by atoms with Crippen LogP contribution in [-0.2, 0) is 11.3 Å². The van der Waals surface area contributed by atoms with Crippen molar-refractivity contribution in [3.8, 4) is 0 Å². The molecule has 1 N–H and O–H groups in total. The molecule has 1 aromatic carbocycles. The molecule has 2 bridgehead atoms. The topological polar surface area (TPSA) is 64.6 Å². The third-order valence-corrected chi connectivity index (χ3v) is 7.51. The molecule has 5 rings (SSSR count). The van der Waals surface area contributed by atoms with Gasteiger partial charge in [0, 0.05) is 70.7 Å². The smallest absolute Gasteiger partial charge is 0.225 e. The van der Waals surface area contributed by atoms with E-state index >= 15 is 0 Å². The predicted octanol–water partition coefficient (Wildman–Crippen LogP) is 2.41. The number of carbonyl (C=O) groups is 1. The van der Waals surface area contributed by atoms with Gasteiger partial charge in [-0.25, -0.2) is 9.97 Å². The van der Waals surface area contributed by atoms with E-state index in [0.717, 1.165) is 64.0 Å². The Balaban J connectivity index is 1.05. The number of benzene rings is 1.